The van der Waals surface area contributed by atoms with Crippen LogP contribution in [0.4, 0.5) is 3.89 Å². The SMILES string of the molecule is C=C(c1ccccc1)c1ccc(CSF)cc1. The zero-order chi connectivity index (χ0) is 12.1. The Morgan fingerprint density at radius 1 is 0.941 bits per heavy atom. The van der Waals surface area contributed by atoms with Gasteiger partial charge in [-0.3, -0.25) is 0 Å². The Bertz CT molecular complexity index is 488. The quantitative estimate of drug-likeness (QED) is 0.739. The zero-order valence-corrected chi connectivity index (χ0v) is 10.2. The molecule has 0 N–H and O–H groups in total. The summed E-state index contributed by atoms with van der Waals surface area (Å²) >= 11 is 0.343. The molecular formula is C15H13FS. The van der Waals surface area contributed by atoms with E-state index in [0.717, 1.165) is 22.3 Å². The van der Waals surface area contributed by atoms with E-state index in [1.165, 1.54) is 0 Å². The molecule has 0 amide bonds. The molecule has 0 aliphatic heterocycles. The minimum Gasteiger partial charge on any atom is -0.165 e. The van der Waals surface area contributed by atoms with Crippen molar-refractivity contribution in [2.45, 2.75) is 5.75 Å². The highest BCUT2D eigenvalue weighted by Crippen LogP contribution is 2.22. The highest BCUT2D eigenvalue weighted by Gasteiger charge is 2.01. The third kappa shape index (κ3) is 2.98. The van der Waals surface area contributed by atoms with Crippen LogP contribution in [-0.2, 0) is 5.75 Å². The molecule has 0 unspecified atom stereocenters. The van der Waals surface area contributed by atoms with E-state index in [9.17, 15) is 3.89 Å². The van der Waals surface area contributed by atoms with E-state index in [0.29, 0.717) is 17.9 Å². The Balaban J connectivity index is 2.20. The number of halogens is 1. The molecule has 0 radical (unpaired) electrons. The van der Waals surface area contributed by atoms with Crippen LogP contribution in [0.1, 0.15) is 16.7 Å². The van der Waals surface area contributed by atoms with E-state index in [1.54, 1.807) is 0 Å². The summed E-state index contributed by atoms with van der Waals surface area (Å²) in [5.41, 5.74) is 4.16. The van der Waals surface area contributed by atoms with Gasteiger partial charge in [0.05, 0.1) is 5.75 Å². The lowest BCUT2D eigenvalue weighted by atomic mass is 9.99. The molecule has 86 valence electrons. The predicted octanol–water partition coefficient (Wildman–Crippen LogP) is 4.87. The highest BCUT2D eigenvalue weighted by atomic mass is 32.2. The molecule has 2 aromatic rings. The topological polar surface area (TPSA) is 0 Å². The second-order valence-electron chi connectivity index (χ2n) is 3.79. The van der Waals surface area contributed by atoms with Crippen LogP contribution in [-0.4, -0.2) is 0 Å². The van der Waals surface area contributed by atoms with E-state index in [2.05, 4.69) is 6.58 Å². The molecule has 0 aliphatic carbocycles. The Morgan fingerprint density at radius 3 is 2.12 bits per heavy atom. The van der Waals surface area contributed by atoms with Crippen LogP contribution in [0.15, 0.2) is 61.2 Å². The molecule has 2 heteroatoms. The second kappa shape index (κ2) is 5.69. The Morgan fingerprint density at radius 2 is 1.53 bits per heavy atom. The van der Waals surface area contributed by atoms with Crippen molar-refractivity contribution in [3.8, 4) is 0 Å². The van der Waals surface area contributed by atoms with Gasteiger partial charge in [0.25, 0.3) is 0 Å². The van der Waals surface area contributed by atoms with Crippen molar-refractivity contribution >= 4 is 17.7 Å². The van der Waals surface area contributed by atoms with E-state index >= 15 is 0 Å². The third-order valence-corrected chi connectivity index (χ3v) is 3.09. The Labute approximate surface area is 105 Å². The molecule has 2 rings (SSSR count). The van der Waals surface area contributed by atoms with E-state index < -0.39 is 0 Å². The van der Waals surface area contributed by atoms with Gasteiger partial charge in [0.2, 0.25) is 0 Å². The highest BCUT2D eigenvalue weighted by molar-refractivity contribution is 7.93. The lowest BCUT2D eigenvalue weighted by molar-refractivity contribution is 0.933. The number of benzene rings is 2. The monoisotopic (exact) mass is 244 g/mol. The summed E-state index contributed by atoms with van der Waals surface area (Å²) in [6.07, 6.45) is 0. The van der Waals surface area contributed by atoms with Crippen LogP contribution in [0.5, 0.6) is 0 Å². The lowest BCUT2D eigenvalue weighted by Gasteiger charge is -2.06. The van der Waals surface area contributed by atoms with E-state index in [-0.39, 0.29) is 0 Å². The van der Waals surface area contributed by atoms with Gasteiger partial charge < -0.3 is 0 Å². The van der Waals surface area contributed by atoms with Gasteiger partial charge in [-0.25, -0.2) is 0 Å². The molecule has 0 aromatic heterocycles. The van der Waals surface area contributed by atoms with Crippen LogP contribution >= 0.6 is 12.1 Å². The minimum absolute atomic E-state index is 0.343. The maximum atomic E-state index is 12.1. The van der Waals surface area contributed by atoms with Gasteiger partial charge in [-0.15, -0.1) is 0 Å². The summed E-state index contributed by atoms with van der Waals surface area (Å²) in [6, 6.07) is 17.9. The fourth-order valence-electron chi connectivity index (χ4n) is 1.67. The zero-order valence-electron chi connectivity index (χ0n) is 9.40. The Hall–Kier alpha value is -1.54. The van der Waals surface area contributed by atoms with Crippen LogP contribution in [0, 0.1) is 0 Å². The van der Waals surface area contributed by atoms with E-state index in [1.807, 2.05) is 54.6 Å². The third-order valence-electron chi connectivity index (χ3n) is 2.65. The molecule has 0 nitrogen and oxygen atoms in total. The fourth-order valence-corrected chi connectivity index (χ4v) is 1.99. The smallest absolute Gasteiger partial charge is 0.0501 e. The molecule has 0 heterocycles. The van der Waals surface area contributed by atoms with Gasteiger partial charge >= 0.3 is 0 Å². The molecule has 0 fully saturated rings. The van der Waals surface area contributed by atoms with Crippen molar-refractivity contribution in [1.82, 2.24) is 0 Å². The second-order valence-corrected chi connectivity index (χ2v) is 4.30. The predicted molar refractivity (Wildman–Crippen MR) is 73.4 cm³/mol. The molecule has 0 bridgehead atoms. The Kier molecular flexibility index (Phi) is 3.99. The molecule has 17 heavy (non-hydrogen) atoms. The summed E-state index contributed by atoms with van der Waals surface area (Å²) in [7, 11) is 0. The molecule has 2 aromatic carbocycles. The first kappa shape index (κ1) is 11.9. The van der Waals surface area contributed by atoms with Crippen molar-refractivity contribution in [2.24, 2.45) is 0 Å². The maximum absolute atomic E-state index is 12.1. The average Bonchev–Trinajstić information content (AvgIpc) is 2.40. The molecule has 0 saturated carbocycles. The van der Waals surface area contributed by atoms with Crippen molar-refractivity contribution in [3.63, 3.8) is 0 Å². The lowest BCUT2D eigenvalue weighted by Crippen LogP contribution is -1.86. The summed E-state index contributed by atoms with van der Waals surface area (Å²) in [6.45, 7) is 4.09. The summed E-state index contributed by atoms with van der Waals surface area (Å²) in [4.78, 5) is 0. The van der Waals surface area contributed by atoms with Crippen LogP contribution in [0.25, 0.3) is 5.57 Å². The summed E-state index contributed by atoms with van der Waals surface area (Å²) in [5.74, 6) is 0.401. The van der Waals surface area contributed by atoms with Crippen molar-refractivity contribution in [3.05, 3.63) is 77.9 Å². The molecular weight excluding hydrogens is 231 g/mol. The van der Waals surface area contributed by atoms with Crippen molar-refractivity contribution in [1.29, 1.82) is 0 Å². The first-order chi connectivity index (χ1) is 8.31. The molecule has 0 spiro atoms. The molecule has 0 aliphatic rings. The average molecular weight is 244 g/mol. The minimum atomic E-state index is 0.343. The number of hydrogen-bond acceptors (Lipinski definition) is 1. The van der Waals surface area contributed by atoms with Crippen molar-refractivity contribution in [2.75, 3.05) is 0 Å². The molecule has 0 saturated heterocycles. The number of hydrogen-bond donors (Lipinski definition) is 0. The normalized spacial score (nSPS) is 10.2. The van der Waals surface area contributed by atoms with Gasteiger partial charge in [-0.05, 0) is 22.3 Å². The summed E-state index contributed by atoms with van der Waals surface area (Å²) < 4.78 is 12.1. The van der Waals surface area contributed by atoms with Gasteiger partial charge in [0, 0.05) is 12.1 Å². The van der Waals surface area contributed by atoms with Gasteiger partial charge in [0.1, 0.15) is 0 Å². The number of rotatable bonds is 4. The summed E-state index contributed by atoms with van der Waals surface area (Å²) in [5, 5.41) is 0. The van der Waals surface area contributed by atoms with Crippen molar-refractivity contribution < 1.29 is 3.89 Å². The standard InChI is InChI=1S/C15H13FS/c1-12(14-5-3-2-4-6-14)15-9-7-13(8-10-15)11-17-16/h2-10H,1,11H2. The van der Waals surface area contributed by atoms with Crippen LogP contribution in [0.3, 0.4) is 0 Å². The molecule has 0 atom stereocenters. The maximum Gasteiger partial charge on any atom is 0.0501 e. The fraction of sp³-hybridized carbons (Fsp3) is 0.0667. The first-order valence-corrected chi connectivity index (χ1v) is 6.27. The van der Waals surface area contributed by atoms with Gasteiger partial charge in [-0.1, -0.05) is 61.2 Å². The van der Waals surface area contributed by atoms with Gasteiger partial charge in [0.15, 0.2) is 0 Å². The van der Waals surface area contributed by atoms with Gasteiger partial charge in [-0.2, -0.15) is 3.89 Å². The van der Waals surface area contributed by atoms with Crippen LogP contribution in [0.2, 0.25) is 0 Å². The van der Waals surface area contributed by atoms with E-state index in [4.69, 9.17) is 0 Å². The van der Waals surface area contributed by atoms with Crippen LogP contribution < -0.4 is 0 Å². The first-order valence-electron chi connectivity index (χ1n) is 5.38. The largest absolute Gasteiger partial charge is 0.165 e.